The van der Waals surface area contributed by atoms with Crippen molar-refractivity contribution in [3.63, 3.8) is 0 Å². The fourth-order valence-electron chi connectivity index (χ4n) is 2.58. The van der Waals surface area contributed by atoms with Crippen LogP contribution < -0.4 is 11.1 Å². The molecule has 0 spiro atoms. The Bertz CT molecular complexity index is 440. The van der Waals surface area contributed by atoms with Gasteiger partial charge in [0.15, 0.2) is 0 Å². The fourth-order valence-corrected chi connectivity index (χ4v) is 2.83. The molecule has 19 heavy (non-hydrogen) atoms. The number of nitrogen functional groups attached to an aromatic ring is 1. The van der Waals surface area contributed by atoms with E-state index in [9.17, 15) is 4.79 Å². The predicted octanol–water partition coefficient (Wildman–Crippen LogP) is 4.33. The Balaban J connectivity index is 1.96. The van der Waals surface area contributed by atoms with Crippen LogP contribution in [0, 0.1) is 5.92 Å². The minimum absolute atomic E-state index is 0.142. The van der Waals surface area contributed by atoms with Crippen molar-refractivity contribution in [2.45, 2.75) is 44.9 Å². The molecule has 1 saturated carbocycles. The van der Waals surface area contributed by atoms with Crippen LogP contribution in [-0.4, -0.2) is 5.91 Å². The molecule has 1 aliphatic carbocycles. The number of anilines is 2. The molecule has 0 atom stereocenters. The predicted molar refractivity (Wildman–Crippen MR) is 83.0 cm³/mol. The molecule has 3 nitrogen and oxygen atoms in total. The van der Waals surface area contributed by atoms with Gasteiger partial charge in [0.05, 0.1) is 0 Å². The number of carbonyl (C=O) groups is 1. The minimum atomic E-state index is 0.142. The summed E-state index contributed by atoms with van der Waals surface area (Å²) in [6.07, 6.45) is 8.19. The van der Waals surface area contributed by atoms with E-state index in [1.807, 2.05) is 12.1 Å². The SMILES string of the molecule is Nc1cc(NC(=O)C2CCCCCCC2)ccc1Br. The average Bonchev–Trinajstić information content (AvgIpc) is 2.33. The standard InChI is InChI=1S/C15H21BrN2O/c16-13-9-8-12(10-14(13)17)18-15(19)11-6-4-2-1-3-5-7-11/h8-11H,1-7,17H2,(H,18,19). The molecule has 4 heteroatoms. The summed E-state index contributed by atoms with van der Waals surface area (Å²) < 4.78 is 0.858. The monoisotopic (exact) mass is 324 g/mol. The molecule has 3 N–H and O–H groups in total. The molecule has 1 aromatic rings. The van der Waals surface area contributed by atoms with Gasteiger partial charge in [-0.3, -0.25) is 4.79 Å². The first-order valence-electron chi connectivity index (χ1n) is 7.02. The van der Waals surface area contributed by atoms with Gasteiger partial charge in [0, 0.05) is 21.8 Å². The van der Waals surface area contributed by atoms with Crippen LogP contribution in [0.1, 0.15) is 44.9 Å². The summed E-state index contributed by atoms with van der Waals surface area (Å²) in [4.78, 5) is 12.3. The van der Waals surface area contributed by atoms with Gasteiger partial charge < -0.3 is 11.1 Å². The zero-order valence-corrected chi connectivity index (χ0v) is 12.7. The van der Waals surface area contributed by atoms with E-state index < -0.39 is 0 Å². The second-order valence-electron chi connectivity index (χ2n) is 5.27. The molecule has 0 aromatic heterocycles. The topological polar surface area (TPSA) is 55.1 Å². The van der Waals surface area contributed by atoms with Gasteiger partial charge in [-0.15, -0.1) is 0 Å². The molecular weight excluding hydrogens is 304 g/mol. The molecule has 1 aromatic carbocycles. The van der Waals surface area contributed by atoms with Gasteiger partial charge in [-0.2, -0.15) is 0 Å². The summed E-state index contributed by atoms with van der Waals surface area (Å²) in [7, 11) is 0. The highest BCUT2D eigenvalue weighted by molar-refractivity contribution is 9.10. The molecule has 0 heterocycles. The third kappa shape index (κ3) is 4.23. The van der Waals surface area contributed by atoms with Crippen molar-refractivity contribution < 1.29 is 4.79 Å². The number of nitrogens with one attached hydrogen (secondary N) is 1. The summed E-state index contributed by atoms with van der Waals surface area (Å²) in [6.45, 7) is 0. The van der Waals surface area contributed by atoms with Gasteiger partial charge in [0.1, 0.15) is 0 Å². The molecule has 104 valence electrons. The lowest BCUT2D eigenvalue weighted by Gasteiger charge is -2.19. The Hall–Kier alpha value is -1.03. The van der Waals surface area contributed by atoms with Crippen LogP contribution in [0.25, 0.3) is 0 Å². The Morgan fingerprint density at radius 1 is 1.16 bits per heavy atom. The van der Waals surface area contributed by atoms with E-state index in [0.29, 0.717) is 5.69 Å². The molecular formula is C15H21BrN2O. The van der Waals surface area contributed by atoms with Crippen LogP contribution in [0.3, 0.4) is 0 Å². The van der Waals surface area contributed by atoms with Crippen LogP contribution in [-0.2, 0) is 4.79 Å². The van der Waals surface area contributed by atoms with E-state index in [0.717, 1.165) is 23.0 Å². The third-order valence-corrected chi connectivity index (χ3v) is 4.46. The smallest absolute Gasteiger partial charge is 0.227 e. The van der Waals surface area contributed by atoms with Gasteiger partial charge in [0.2, 0.25) is 5.91 Å². The number of nitrogens with two attached hydrogens (primary N) is 1. The second-order valence-corrected chi connectivity index (χ2v) is 6.12. The third-order valence-electron chi connectivity index (χ3n) is 3.74. The highest BCUT2D eigenvalue weighted by atomic mass is 79.9. The maximum absolute atomic E-state index is 12.3. The first-order chi connectivity index (χ1) is 9.16. The van der Waals surface area contributed by atoms with E-state index in [-0.39, 0.29) is 11.8 Å². The molecule has 0 bridgehead atoms. The average molecular weight is 325 g/mol. The maximum Gasteiger partial charge on any atom is 0.227 e. The van der Waals surface area contributed by atoms with Gasteiger partial charge in [-0.25, -0.2) is 0 Å². The van der Waals surface area contributed by atoms with Gasteiger partial charge in [0.25, 0.3) is 0 Å². The molecule has 1 aliphatic rings. The van der Waals surface area contributed by atoms with Crippen molar-refractivity contribution in [1.82, 2.24) is 0 Å². The van der Waals surface area contributed by atoms with E-state index in [4.69, 9.17) is 5.73 Å². The van der Waals surface area contributed by atoms with E-state index in [2.05, 4.69) is 21.2 Å². The van der Waals surface area contributed by atoms with Crippen molar-refractivity contribution in [1.29, 1.82) is 0 Å². The molecule has 1 amide bonds. The summed E-state index contributed by atoms with van der Waals surface area (Å²) in [5, 5.41) is 2.99. The number of halogens is 1. The number of hydrogen-bond acceptors (Lipinski definition) is 2. The largest absolute Gasteiger partial charge is 0.398 e. The summed E-state index contributed by atoms with van der Waals surface area (Å²) in [5.74, 6) is 0.300. The Morgan fingerprint density at radius 2 is 1.79 bits per heavy atom. The first kappa shape index (κ1) is 14.4. The van der Waals surface area contributed by atoms with E-state index in [1.54, 1.807) is 6.07 Å². The van der Waals surface area contributed by atoms with Crippen LogP contribution >= 0.6 is 15.9 Å². The summed E-state index contributed by atoms with van der Waals surface area (Å²) >= 11 is 3.35. The van der Waals surface area contributed by atoms with Crippen molar-refractivity contribution in [3.05, 3.63) is 22.7 Å². The molecule has 0 saturated heterocycles. The van der Waals surface area contributed by atoms with Gasteiger partial charge in [-0.1, -0.05) is 32.1 Å². The van der Waals surface area contributed by atoms with Crippen molar-refractivity contribution >= 4 is 33.2 Å². The minimum Gasteiger partial charge on any atom is -0.398 e. The van der Waals surface area contributed by atoms with Gasteiger partial charge in [-0.05, 0) is 47.0 Å². The van der Waals surface area contributed by atoms with Crippen LogP contribution in [0.5, 0.6) is 0 Å². The maximum atomic E-state index is 12.3. The van der Waals surface area contributed by atoms with Crippen molar-refractivity contribution in [3.8, 4) is 0 Å². The second kappa shape index (κ2) is 6.94. The quantitative estimate of drug-likeness (QED) is 0.795. The lowest BCUT2D eigenvalue weighted by atomic mass is 9.90. The lowest BCUT2D eigenvalue weighted by molar-refractivity contribution is -0.120. The highest BCUT2D eigenvalue weighted by Crippen LogP contribution is 2.26. The van der Waals surface area contributed by atoms with Crippen LogP contribution in [0.2, 0.25) is 0 Å². The summed E-state index contributed by atoms with van der Waals surface area (Å²) in [6, 6.07) is 5.54. The normalized spacial score (nSPS) is 17.5. The molecule has 0 unspecified atom stereocenters. The molecule has 0 radical (unpaired) electrons. The Labute approximate surface area is 123 Å². The highest BCUT2D eigenvalue weighted by Gasteiger charge is 2.19. The fraction of sp³-hybridized carbons (Fsp3) is 0.533. The number of hydrogen-bond donors (Lipinski definition) is 2. The molecule has 0 aliphatic heterocycles. The molecule has 1 fully saturated rings. The summed E-state index contributed by atoms with van der Waals surface area (Å²) in [5.41, 5.74) is 7.26. The van der Waals surface area contributed by atoms with E-state index in [1.165, 1.54) is 32.1 Å². The number of benzene rings is 1. The first-order valence-corrected chi connectivity index (χ1v) is 7.82. The van der Waals surface area contributed by atoms with Gasteiger partial charge >= 0.3 is 0 Å². The van der Waals surface area contributed by atoms with Crippen molar-refractivity contribution in [2.75, 3.05) is 11.1 Å². The Morgan fingerprint density at radius 3 is 2.42 bits per heavy atom. The van der Waals surface area contributed by atoms with Crippen LogP contribution in [0.15, 0.2) is 22.7 Å². The zero-order chi connectivity index (χ0) is 13.7. The number of rotatable bonds is 2. The number of carbonyl (C=O) groups excluding carboxylic acids is 1. The van der Waals surface area contributed by atoms with Crippen molar-refractivity contribution in [2.24, 2.45) is 5.92 Å². The zero-order valence-electron chi connectivity index (χ0n) is 11.1. The van der Waals surface area contributed by atoms with Crippen LogP contribution in [0.4, 0.5) is 11.4 Å². The number of amides is 1. The Kier molecular flexibility index (Phi) is 5.25. The van der Waals surface area contributed by atoms with E-state index >= 15 is 0 Å². The molecule has 2 rings (SSSR count). The lowest BCUT2D eigenvalue weighted by Crippen LogP contribution is -2.23.